The van der Waals surface area contributed by atoms with Gasteiger partial charge in [-0.1, -0.05) is 6.92 Å². The molecule has 0 aliphatic carbocycles. The summed E-state index contributed by atoms with van der Waals surface area (Å²) >= 11 is 3.38. The molecule has 1 aromatic rings. The summed E-state index contributed by atoms with van der Waals surface area (Å²) in [5.74, 6) is 1.44. The minimum absolute atomic E-state index is 0.520. The van der Waals surface area contributed by atoms with Crippen LogP contribution in [-0.2, 0) is 6.42 Å². The van der Waals surface area contributed by atoms with Crippen molar-refractivity contribution >= 4 is 15.9 Å². The summed E-state index contributed by atoms with van der Waals surface area (Å²) in [6, 6.07) is 2.85. The van der Waals surface area contributed by atoms with Crippen LogP contribution in [0.4, 0.5) is 0 Å². The maximum Gasteiger partial charge on any atom is 0.217 e. The van der Waals surface area contributed by atoms with Crippen LogP contribution < -0.4 is 4.74 Å². The molecular weight excluding hydrogens is 306 g/mol. The summed E-state index contributed by atoms with van der Waals surface area (Å²) in [5, 5.41) is 0. The average molecular weight is 330 g/mol. The summed E-state index contributed by atoms with van der Waals surface area (Å²) in [6.07, 6.45) is 0.805. The third-order valence-electron chi connectivity index (χ3n) is 2.96. The Bertz CT molecular complexity index is 388. The summed E-state index contributed by atoms with van der Waals surface area (Å²) in [5.41, 5.74) is 0. The van der Waals surface area contributed by atoms with E-state index in [9.17, 15) is 0 Å². The van der Waals surface area contributed by atoms with Crippen LogP contribution in [0.15, 0.2) is 10.7 Å². The number of hydrogen-bond acceptors (Lipinski definition) is 4. The fraction of sp³-hybridized carbons (Fsp3) is 0.714. The molecular formula is C14H24BrN3O. The first-order chi connectivity index (χ1) is 8.93. The van der Waals surface area contributed by atoms with Crippen LogP contribution in [0.2, 0.25) is 0 Å². The molecule has 0 N–H and O–H groups in total. The maximum absolute atomic E-state index is 5.74. The lowest BCUT2D eigenvalue weighted by molar-refractivity contribution is 0.140. The van der Waals surface area contributed by atoms with E-state index in [0.717, 1.165) is 23.4 Å². The standard InChI is InChI=1S/C14H24BrN3O/c1-6-13-16-12(15)9-14(17-13)19-8-7-18(10(2)3)11(4)5/h9-11H,6-8H2,1-5H3. The zero-order chi connectivity index (χ0) is 14.4. The van der Waals surface area contributed by atoms with Crippen LogP contribution in [0.3, 0.4) is 0 Å². The Morgan fingerprint density at radius 1 is 1.21 bits per heavy atom. The highest BCUT2D eigenvalue weighted by Crippen LogP contribution is 2.15. The number of aryl methyl sites for hydroxylation is 1. The monoisotopic (exact) mass is 329 g/mol. The second kappa shape index (κ2) is 7.80. The third-order valence-corrected chi connectivity index (χ3v) is 3.37. The van der Waals surface area contributed by atoms with Gasteiger partial charge in [0.1, 0.15) is 17.0 Å². The van der Waals surface area contributed by atoms with Crippen molar-refractivity contribution in [1.29, 1.82) is 0 Å². The van der Waals surface area contributed by atoms with Crippen molar-refractivity contribution in [1.82, 2.24) is 14.9 Å². The molecule has 0 atom stereocenters. The molecule has 1 aromatic heterocycles. The fourth-order valence-corrected chi connectivity index (χ4v) is 2.44. The third kappa shape index (κ3) is 5.45. The highest BCUT2D eigenvalue weighted by atomic mass is 79.9. The van der Waals surface area contributed by atoms with Gasteiger partial charge in [-0.05, 0) is 43.6 Å². The van der Waals surface area contributed by atoms with Gasteiger partial charge in [-0.25, -0.2) is 4.98 Å². The van der Waals surface area contributed by atoms with Gasteiger partial charge in [-0.3, -0.25) is 4.90 Å². The fourth-order valence-electron chi connectivity index (χ4n) is 2.04. The van der Waals surface area contributed by atoms with Gasteiger partial charge < -0.3 is 4.74 Å². The van der Waals surface area contributed by atoms with Gasteiger partial charge in [0.15, 0.2) is 0 Å². The van der Waals surface area contributed by atoms with E-state index in [1.165, 1.54) is 0 Å². The van der Waals surface area contributed by atoms with Crippen molar-refractivity contribution in [2.75, 3.05) is 13.2 Å². The SMILES string of the molecule is CCc1nc(Br)cc(OCCN(C(C)C)C(C)C)n1. The first-order valence-electron chi connectivity index (χ1n) is 6.86. The average Bonchev–Trinajstić information content (AvgIpc) is 2.32. The minimum atomic E-state index is 0.520. The molecule has 19 heavy (non-hydrogen) atoms. The first kappa shape index (κ1) is 16.4. The van der Waals surface area contributed by atoms with Crippen molar-refractivity contribution in [2.45, 2.75) is 53.1 Å². The predicted octanol–water partition coefficient (Wildman–Crippen LogP) is 3.30. The van der Waals surface area contributed by atoms with Gasteiger partial charge in [0.25, 0.3) is 0 Å². The van der Waals surface area contributed by atoms with Crippen LogP contribution >= 0.6 is 15.9 Å². The van der Waals surface area contributed by atoms with Crippen molar-refractivity contribution in [3.05, 3.63) is 16.5 Å². The summed E-state index contributed by atoms with van der Waals surface area (Å²) in [6.45, 7) is 12.4. The predicted molar refractivity (Wildman–Crippen MR) is 81.6 cm³/mol. The van der Waals surface area contributed by atoms with E-state index < -0.39 is 0 Å². The molecule has 4 nitrogen and oxygen atoms in total. The number of halogens is 1. The van der Waals surface area contributed by atoms with Crippen LogP contribution in [0.5, 0.6) is 5.88 Å². The van der Waals surface area contributed by atoms with Crippen molar-refractivity contribution in [3.8, 4) is 5.88 Å². The van der Waals surface area contributed by atoms with Gasteiger partial charge in [0.05, 0.1) is 0 Å². The lowest BCUT2D eigenvalue weighted by atomic mass is 10.2. The van der Waals surface area contributed by atoms with Crippen molar-refractivity contribution < 1.29 is 4.74 Å². The molecule has 0 spiro atoms. The van der Waals surface area contributed by atoms with E-state index in [4.69, 9.17) is 4.74 Å². The molecule has 1 heterocycles. The Balaban J connectivity index is 2.55. The Labute approximate surface area is 124 Å². The van der Waals surface area contributed by atoms with Crippen LogP contribution in [0.1, 0.15) is 40.4 Å². The molecule has 0 radical (unpaired) electrons. The van der Waals surface area contributed by atoms with E-state index >= 15 is 0 Å². The molecule has 0 saturated heterocycles. The van der Waals surface area contributed by atoms with Crippen molar-refractivity contribution in [3.63, 3.8) is 0 Å². The van der Waals surface area contributed by atoms with E-state index in [1.807, 2.05) is 13.0 Å². The lowest BCUT2D eigenvalue weighted by Gasteiger charge is -2.30. The quantitative estimate of drug-likeness (QED) is 0.719. The largest absolute Gasteiger partial charge is 0.476 e. The normalized spacial score (nSPS) is 11.6. The van der Waals surface area contributed by atoms with Crippen LogP contribution in [0, 0.1) is 0 Å². The lowest BCUT2D eigenvalue weighted by Crippen LogP contribution is -2.39. The highest BCUT2D eigenvalue weighted by Gasteiger charge is 2.13. The van der Waals surface area contributed by atoms with E-state index in [0.29, 0.717) is 24.6 Å². The minimum Gasteiger partial charge on any atom is -0.476 e. The van der Waals surface area contributed by atoms with Crippen LogP contribution in [0.25, 0.3) is 0 Å². The van der Waals surface area contributed by atoms with Crippen LogP contribution in [-0.4, -0.2) is 40.1 Å². The van der Waals surface area contributed by atoms with Gasteiger partial charge in [-0.2, -0.15) is 4.98 Å². The molecule has 5 heteroatoms. The molecule has 0 aliphatic heterocycles. The zero-order valence-corrected chi connectivity index (χ0v) is 14.1. The summed E-state index contributed by atoms with van der Waals surface area (Å²) in [7, 11) is 0. The molecule has 1 rings (SSSR count). The Morgan fingerprint density at radius 3 is 2.37 bits per heavy atom. The number of rotatable bonds is 7. The van der Waals surface area contributed by atoms with E-state index in [-0.39, 0.29) is 0 Å². The number of aromatic nitrogens is 2. The van der Waals surface area contributed by atoms with E-state index in [1.54, 1.807) is 0 Å². The Hall–Kier alpha value is -0.680. The van der Waals surface area contributed by atoms with Gasteiger partial charge in [0.2, 0.25) is 5.88 Å². The summed E-state index contributed by atoms with van der Waals surface area (Å²) < 4.78 is 6.51. The Kier molecular flexibility index (Phi) is 6.72. The number of ether oxygens (including phenoxy) is 1. The van der Waals surface area contributed by atoms with Gasteiger partial charge in [0, 0.05) is 31.1 Å². The molecule has 0 aromatic carbocycles. The molecule has 0 unspecified atom stereocenters. The molecule has 0 fully saturated rings. The number of hydrogen-bond donors (Lipinski definition) is 0. The topological polar surface area (TPSA) is 38.2 Å². The molecule has 0 bridgehead atoms. The smallest absolute Gasteiger partial charge is 0.217 e. The molecule has 0 aliphatic rings. The molecule has 0 amide bonds. The Morgan fingerprint density at radius 2 is 1.84 bits per heavy atom. The first-order valence-corrected chi connectivity index (χ1v) is 7.65. The molecule has 108 valence electrons. The zero-order valence-electron chi connectivity index (χ0n) is 12.5. The molecule has 0 saturated carbocycles. The second-order valence-corrected chi connectivity index (χ2v) is 5.88. The highest BCUT2D eigenvalue weighted by molar-refractivity contribution is 9.10. The number of nitrogens with zero attached hydrogens (tertiary/aromatic N) is 3. The van der Waals surface area contributed by atoms with Gasteiger partial charge >= 0.3 is 0 Å². The van der Waals surface area contributed by atoms with E-state index in [2.05, 4.69) is 58.5 Å². The second-order valence-electron chi connectivity index (χ2n) is 5.07. The van der Waals surface area contributed by atoms with Crippen molar-refractivity contribution in [2.24, 2.45) is 0 Å². The maximum atomic E-state index is 5.74. The summed E-state index contributed by atoms with van der Waals surface area (Å²) in [4.78, 5) is 11.0. The van der Waals surface area contributed by atoms with Gasteiger partial charge in [-0.15, -0.1) is 0 Å².